The molecule has 0 atom stereocenters. The average molecular weight is 616 g/mol. The summed E-state index contributed by atoms with van der Waals surface area (Å²) < 4.78 is 98.0. The predicted octanol–water partition coefficient (Wildman–Crippen LogP) is 9.17. The molecule has 3 rings (SSSR count). The van der Waals surface area contributed by atoms with Crippen molar-refractivity contribution in [2.24, 2.45) is 0 Å². The Bertz CT molecular complexity index is 1170. The second-order valence-electron chi connectivity index (χ2n) is 7.78. The summed E-state index contributed by atoms with van der Waals surface area (Å²) in [6.07, 6.45) is -3.95. The summed E-state index contributed by atoms with van der Waals surface area (Å²) in [7, 11) is -9.90. The van der Waals surface area contributed by atoms with Gasteiger partial charge in [-0.25, -0.2) is 0 Å². The van der Waals surface area contributed by atoms with Crippen molar-refractivity contribution in [2.75, 3.05) is 0 Å². The Labute approximate surface area is 215 Å². The maximum absolute atomic E-state index is 14.7. The molecule has 33 heavy (non-hydrogen) atoms. The molecule has 0 fully saturated rings. The summed E-state index contributed by atoms with van der Waals surface area (Å²) in [6.45, 7) is 7.20. The van der Waals surface area contributed by atoms with E-state index in [4.69, 9.17) is 0 Å². The smallest absolute Gasteiger partial charge is 0.403 e. The molecule has 0 aliphatic carbocycles. The van der Waals surface area contributed by atoms with Gasteiger partial charge in [0.25, 0.3) is 0 Å². The van der Waals surface area contributed by atoms with Gasteiger partial charge in [-0.3, -0.25) is 0 Å². The maximum Gasteiger partial charge on any atom is 0.403 e. The first-order chi connectivity index (χ1) is 14.4. The molecule has 0 saturated carbocycles. The zero-order chi connectivity index (χ0) is 24.2. The van der Waals surface area contributed by atoms with Crippen LogP contribution in [0.5, 0.6) is 5.75 Å². The molecule has 0 aliphatic heterocycles. The number of ether oxygens (including phenoxy) is 1. The van der Waals surface area contributed by atoms with E-state index in [2.05, 4.69) is 10.8 Å². The van der Waals surface area contributed by atoms with Gasteiger partial charge in [-0.15, -0.1) is 11.1 Å². The third-order valence-corrected chi connectivity index (χ3v) is 6.07. The van der Waals surface area contributed by atoms with E-state index in [0.717, 1.165) is 22.3 Å². The molecule has 0 aliphatic rings. The van der Waals surface area contributed by atoms with Crippen LogP contribution in [0.3, 0.4) is 0 Å². The van der Waals surface area contributed by atoms with Crippen LogP contribution >= 0.6 is 10.2 Å². The molecule has 0 saturated heterocycles. The van der Waals surface area contributed by atoms with Crippen molar-refractivity contribution in [3.63, 3.8) is 0 Å². The standard InChI is InChI=1S/C23H20F7OS.La/c1-14-11-16(3)22(17(4)12-14)18-5-10-21(15(2)13-18)23(24,25)31-19-6-8-20(9-7-19)32(26,27,28,29)30;/h5-9,11-13H,1-4H3;/q-1;. The first-order valence-electron chi connectivity index (χ1n) is 9.39. The van der Waals surface area contributed by atoms with Crippen LogP contribution in [0.25, 0.3) is 11.1 Å². The Morgan fingerprint density at radius 2 is 1.30 bits per heavy atom. The van der Waals surface area contributed by atoms with Gasteiger partial charge < -0.3 is 4.74 Å². The largest absolute Gasteiger partial charge is 0.430 e. The van der Waals surface area contributed by atoms with Gasteiger partial charge in [0.05, 0.1) is 0 Å². The molecule has 3 aromatic carbocycles. The molecule has 177 valence electrons. The average Bonchev–Trinajstić information content (AvgIpc) is 2.58. The number of benzene rings is 3. The molecule has 0 amide bonds. The number of halogens is 7. The second kappa shape index (κ2) is 8.32. The topological polar surface area (TPSA) is 9.23 Å². The molecule has 1 radical (unpaired) electrons. The van der Waals surface area contributed by atoms with Crippen molar-refractivity contribution >= 4 is 10.2 Å². The third-order valence-electron chi connectivity index (χ3n) is 4.91. The number of rotatable bonds is 5. The molecule has 10 heteroatoms. The number of aryl methyl sites for hydroxylation is 4. The Kier molecular flexibility index (Phi) is 7.00. The molecule has 0 bridgehead atoms. The van der Waals surface area contributed by atoms with Gasteiger partial charge in [-0.2, -0.15) is 27.0 Å². The van der Waals surface area contributed by atoms with Crippen molar-refractivity contribution in [2.45, 2.75) is 38.7 Å². The monoisotopic (exact) mass is 616 g/mol. The molecule has 0 unspecified atom stereocenters. The minimum atomic E-state index is -9.90. The van der Waals surface area contributed by atoms with Gasteiger partial charge in [-0.05, 0) is 50.6 Å². The van der Waals surface area contributed by atoms with Crippen LogP contribution in [0.2, 0.25) is 0 Å². The van der Waals surface area contributed by atoms with Crippen molar-refractivity contribution < 1.29 is 68.5 Å². The summed E-state index contributed by atoms with van der Waals surface area (Å²) in [5.41, 5.74) is 4.10. The fourth-order valence-corrected chi connectivity index (χ4v) is 4.32. The zero-order valence-corrected chi connectivity index (χ0v) is 22.6. The normalized spacial score (nSPS) is 14.2. The van der Waals surface area contributed by atoms with Crippen molar-refractivity contribution in [1.29, 1.82) is 0 Å². The van der Waals surface area contributed by atoms with Crippen LogP contribution in [-0.2, 0) is 6.11 Å². The Balaban J connectivity index is 0.00000385. The maximum atomic E-state index is 14.7. The predicted molar refractivity (Wildman–Crippen MR) is 112 cm³/mol. The van der Waals surface area contributed by atoms with E-state index in [0.29, 0.717) is 17.7 Å². The van der Waals surface area contributed by atoms with Crippen LogP contribution in [-0.4, -0.2) is 0 Å². The van der Waals surface area contributed by atoms with Crippen LogP contribution in [0, 0.1) is 69.4 Å². The Morgan fingerprint density at radius 1 is 0.788 bits per heavy atom. The fraction of sp³-hybridized carbons (Fsp3) is 0.217. The fourth-order valence-electron chi connectivity index (χ4n) is 3.67. The van der Waals surface area contributed by atoms with Crippen molar-refractivity contribution in [1.82, 2.24) is 0 Å². The van der Waals surface area contributed by atoms with Crippen LogP contribution in [0.1, 0.15) is 27.8 Å². The summed E-state index contributed by atoms with van der Waals surface area (Å²) in [6, 6.07) is 10.3. The third kappa shape index (κ3) is 6.35. The summed E-state index contributed by atoms with van der Waals surface area (Å²) in [4.78, 5) is -2.18. The molecule has 3 aromatic rings. The Hall–Kier alpha value is -1.49. The van der Waals surface area contributed by atoms with Gasteiger partial charge in [-0.1, -0.05) is 60.7 Å². The van der Waals surface area contributed by atoms with Crippen LogP contribution in [0.4, 0.5) is 28.2 Å². The van der Waals surface area contributed by atoms with E-state index in [9.17, 15) is 28.2 Å². The molecular formula is C23H20F7LaOS-. The minimum absolute atomic E-state index is 0. The SMILES string of the molecule is Cc1cc(C)c(-c2c[c-]c(C(F)(F)Oc3ccc(S(F)(F)(F)(F)F)cc3)c(C)c2)c(C)c1.[La]. The van der Waals surface area contributed by atoms with Crippen LogP contribution in [0.15, 0.2) is 53.4 Å². The first-order valence-corrected chi connectivity index (χ1v) is 11.3. The van der Waals surface area contributed by atoms with E-state index in [1.165, 1.54) is 13.0 Å². The van der Waals surface area contributed by atoms with Gasteiger partial charge in [0.1, 0.15) is 10.6 Å². The van der Waals surface area contributed by atoms with Gasteiger partial charge in [0, 0.05) is 35.6 Å². The second-order valence-corrected chi connectivity index (χ2v) is 10.2. The number of hydrogen-bond acceptors (Lipinski definition) is 1. The van der Waals surface area contributed by atoms with E-state index >= 15 is 0 Å². The van der Waals surface area contributed by atoms with Crippen LogP contribution < -0.4 is 4.74 Å². The minimum Gasteiger partial charge on any atom is -0.430 e. The van der Waals surface area contributed by atoms with E-state index in [-0.39, 0.29) is 53.3 Å². The van der Waals surface area contributed by atoms with Crippen molar-refractivity contribution in [3.8, 4) is 16.9 Å². The van der Waals surface area contributed by atoms with Gasteiger partial charge in [0.2, 0.25) is 0 Å². The summed E-state index contributed by atoms with van der Waals surface area (Å²) >= 11 is 0. The summed E-state index contributed by atoms with van der Waals surface area (Å²) in [5.74, 6) is -0.692. The first kappa shape index (κ1) is 27.8. The molecule has 0 heterocycles. The molecule has 1 nitrogen and oxygen atoms in total. The molecule has 0 aromatic heterocycles. The van der Waals surface area contributed by atoms with Gasteiger partial charge >= 0.3 is 16.3 Å². The molecule has 0 N–H and O–H groups in total. The quantitative estimate of drug-likeness (QED) is 0.205. The molecular weight excluding hydrogens is 596 g/mol. The molecule has 0 spiro atoms. The van der Waals surface area contributed by atoms with Gasteiger partial charge in [0.15, 0.2) is 0 Å². The van der Waals surface area contributed by atoms with Crippen molar-refractivity contribution in [3.05, 3.63) is 82.4 Å². The van der Waals surface area contributed by atoms with E-state index in [1.807, 2.05) is 32.9 Å². The van der Waals surface area contributed by atoms with E-state index in [1.54, 1.807) is 6.07 Å². The van der Waals surface area contributed by atoms with E-state index < -0.39 is 32.5 Å². The zero-order valence-electron chi connectivity index (χ0n) is 18.2. The summed E-state index contributed by atoms with van der Waals surface area (Å²) in [5, 5.41) is 0. The number of alkyl halides is 2. The number of hydrogen-bond donors (Lipinski definition) is 0. The Morgan fingerprint density at radius 3 is 1.76 bits per heavy atom.